The van der Waals surface area contributed by atoms with Gasteiger partial charge in [-0.1, -0.05) is 6.07 Å². The lowest BCUT2D eigenvalue weighted by molar-refractivity contribution is -0.0522. The Bertz CT molecular complexity index is 520. The van der Waals surface area contributed by atoms with Gasteiger partial charge in [-0.25, -0.2) is 14.4 Å². The molecule has 0 aliphatic heterocycles. The number of halogens is 3. The SMILES string of the molecule is Fc1ccc([CH]c2cncnc2)cc1OC(F)F. The van der Waals surface area contributed by atoms with Crippen LogP contribution in [0.4, 0.5) is 13.2 Å². The van der Waals surface area contributed by atoms with E-state index in [1.165, 1.54) is 18.5 Å². The summed E-state index contributed by atoms with van der Waals surface area (Å²) in [5, 5.41) is 0. The van der Waals surface area contributed by atoms with E-state index in [2.05, 4.69) is 14.7 Å². The Hall–Kier alpha value is -2.11. The molecule has 1 aromatic carbocycles. The van der Waals surface area contributed by atoms with Gasteiger partial charge in [0.05, 0.1) is 0 Å². The van der Waals surface area contributed by atoms with Gasteiger partial charge in [0.1, 0.15) is 6.33 Å². The summed E-state index contributed by atoms with van der Waals surface area (Å²) in [6.45, 7) is -3.06. The molecule has 0 fully saturated rings. The van der Waals surface area contributed by atoms with Crippen LogP contribution in [0.25, 0.3) is 0 Å². The van der Waals surface area contributed by atoms with E-state index < -0.39 is 18.2 Å². The van der Waals surface area contributed by atoms with Gasteiger partial charge in [-0.15, -0.1) is 0 Å². The maximum atomic E-state index is 13.2. The number of alkyl halides is 2. The summed E-state index contributed by atoms with van der Waals surface area (Å²) in [7, 11) is 0. The van der Waals surface area contributed by atoms with E-state index in [0.717, 1.165) is 6.07 Å². The minimum absolute atomic E-state index is 0.490. The van der Waals surface area contributed by atoms with Crippen LogP contribution in [-0.4, -0.2) is 16.6 Å². The second-order valence-electron chi connectivity index (χ2n) is 3.38. The van der Waals surface area contributed by atoms with Gasteiger partial charge in [0, 0.05) is 18.8 Å². The normalized spacial score (nSPS) is 10.7. The molecule has 0 saturated heterocycles. The van der Waals surface area contributed by atoms with Crippen LogP contribution >= 0.6 is 0 Å². The number of hydrogen-bond acceptors (Lipinski definition) is 3. The minimum Gasteiger partial charge on any atom is -0.432 e. The molecule has 2 rings (SSSR count). The Morgan fingerprint density at radius 2 is 1.83 bits per heavy atom. The lowest BCUT2D eigenvalue weighted by Crippen LogP contribution is -2.04. The molecule has 2 aromatic rings. The van der Waals surface area contributed by atoms with Crippen molar-refractivity contribution in [1.82, 2.24) is 9.97 Å². The smallest absolute Gasteiger partial charge is 0.387 e. The fraction of sp³-hybridized carbons (Fsp3) is 0.0833. The molecule has 0 N–H and O–H groups in total. The zero-order valence-corrected chi connectivity index (χ0v) is 9.06. The molecule has 1 radical (unpaired) electrons. The van der Waals surface area contributed by atoms with Crippen LogP contribution in [0.1, 0.15) is 11.1 Å². The average Bonchev–Trinajstić information content (AvgIpc) is 2.34. The van der Waals surface area contributed by atoms with E-state index in [9.17, 15) is 13.2 Å². The van der Waals surface area contributed by atoms with Crippen LogP contribution in [0.2, 0.25) is 0 Å². The Labute approximate surface area is 101 Å². The average molecular weight is 253 g/mol. The molecule has 0 amide bonds. The van der Waals surface area contributed by atoms with E-state index >= 15 is 0 Å². The van der Waals surface area contributed by atoms with Crippen LogP contribution in [0, 0.1) is 12.2 Å². The van der Waals surface area contributed by atoms with Crippen molar-refractivity contribution in [3.05, 3.63) is 60.3 Å². The topological polar surface area (TPSA) is 35.0 Å². The first-order valence-corrected chi connectivity index (χ1v) is 4.99. The summed E-state index contributed by atoms with van der Waals surface area (Å²) in [6, 6.07) is 3.70. The Morgan fingerprint density at radius 1 is 1.11 bits per heavy atom. The van der Waals surface area contributed by atoms with Crippen LogP contribution in [0.5, 0.6) is 5.75 Å². The highest BCUT2D eigenvalue weighted by Gasteiger charge is 2.11. The van der Waals surface area contributed by atoms with E-state index in [-0.39, 0.29) is 0 Å². The number of hydrogen-bond donors (Lipinski definition) is 0. The van der Waals surface area contributed by atoms with Crippen molar-refractivity contribution in [2.45, 2.75) is 6.61 Å². The molecule has 0 unspecified atom stereocenters. The molecule has 0 atom stereocenters. The second-order valence-corrected chi connectivity index (χ2v) is 3.38. The summed E-state index contributed by atoms with van der Waals surface area (Å²) < 4.78 is 41.3. The number of benzene rings is 1. The van der Waals surface area contributed by atoms with Gasteiger partial charge < -0.3 is 4.74 Å². The fourth-order valence-electron chi connectivity index (χ4n) is 1.37. The molecule has 0 aliphatic rings. The summed E-state index contributed by atoms with van der Waals surface area (Å²) in [5.41, 5.74) is 1.19. The Balaban J connectivity index is 2.19. The third-order valence-corrected chi connectivity index (χ3v) is 2.09. The van der Waals surface area contributed by atoms with Gasteiger partial charge in [-0.2, -0.15) is 8.78 Å². The Kier molecular flexibility index (Phi) is 3.76. The van der Waals surface area contributed by atoms with Crippen LogP contribution in [0.15, 0.2) is 36.9 Å². The molecule has 3 nitrogen and oxygen atoms in total. The molecule has 0 bridgehead atoms. The fourth-order valence-corrected chi connectivity index (χ4v) is 1.37. The molecule has 1 aromatic heterocycles. The first-order chi connectivity index (χ1) is 8.65. The summed E-state index contributed by atoms with van der Waals surface area (Å²) in [4.78, 5) is 7.60. The monoisotopic (exact) mass is 253 g/mol. The number of rotatable bonds is 4. The van der Waals surface area contributed by atoms with E-state index in [1.54, 1.807) is 18.8 Å². The highest BCUT2D eigenvalue weighted by atomic mass is 19.3. The van der Waals surface area contributed by atoms with E-state index in [4.69, 9.17) is 0 Å². The van der Waals surface area contributed by atoms with Gasteiger partial charge in [-0.3, -0.25) is 0 Å². The Morgan fingerprint density at radius 3 is 2.50 bits per heavy atom. The molecule has 0 saturated carbocycles. The minimum atomic E-state index is -3.06. The molecule has 6 heteroatoms. The number of aromatic nitrogens is 2. The molecule has 0 spiro atoms. The van der Waals surface area contributed by atoms with Gasteiger partial charge in [0.15, 0.2) is 11.6 Å². The van der Waals surface area contributed by atoms with Gasteiger partial charge in [0.2, 0.25) is 0 Å². The van der Waals surface area contributed by atoms with Crippen molar-refractivity contribution >= 4 is 0 Å². The van der Waals surface area contributed by atoms with E-state index in [1.807, 2.05) is 0 Å². The van der Waals surface area contributed by atoms with Crippen molar-refractivity contribution < 1.29 is 17.9 Å². The van der Waals surface area contributed by atoms with E-state index in [0.29, 0.717) is 11.1 Å². The number of nitrogens with zero attached hydrogens (tertiary/aromatic N) is 2. The van der Waals surface area contributed by atoms with Crippen molar-refractivity contribution in [3.63, 3.8) is 0 Å². The zero-order chi connectivity index (χ0) is 13.0. The van der Waals surface area contributed by atoms with Gasteiger partial charge in [-0.05, 0) is 23.3 Å². The van der Waals surface area contributed by atoms with Gasteiger partial charge >= 0.3 is 6.61 Å². The summed E-state index contributed by atoms with van der Waals surface area (Å²) in [6.07, 6.45) is 6.08. The van der Waals surface area contributed by atoms with Crippen molar-refractivity contribution in [3.8, 4) is 5.75 Å². The molecule has 93 valence electrons. The highest BCUT2D eigenvalue weighted by molar-refractivity contribution is 5.39. The van der Waals surface area contributed by atoms with Crippen molar-refractivity contribution in [1.29, 1.82) is 0 Å². The van der Waals surface area contributed by atoms with Crippen LogP contribution < -0.4 is 4.74 Å². The molecule has 0 aliphatic carbocycles. The predicted octanol–water partition coefficient (Wildman–Crippen LogP) is 2.82. The van der Waals surface area contributed by atoms with Crippen molar-refractivity contribution in [2.24, 2.45) is 0 Å². The summed E-state index contributed by atoms with van der Waals surface area (Å²) in [5.74, 6) is -1.33. The standard InChI is InChI=1S/C12H8F3N2O/c13-10-2-1-8(4-11(10)18-12(14)15)3-9-5-16-7-17-6-9/h1-7,12H. The lowest BCUT2D eigenvalue weighted by Gasteiger charge is -2.07. The third kappa shape index (κ3) is 3.19. The lowest BCUT2D eigenvalue weighted by atomic mass is 10.1. The third-order valence-electron chi connectivity index (χ3n) is 2.09. The maximum Gasteiger partial charge on any atom is 0.387 e. The second kappa shape index (κ2) is 5.48. The molecular formula is C12H8F3N2O. The van der Waals surface area contributed by atoms with Crippen LogP contribution in [-0.2, 0) is 0 Å². The summed E-state index contributed by atoms with van der Waals surface area (Å²) >= 11 is 0. The maximum absolute atomic E-state index is 13.2. The molecule has 18 heavy (non-hydrogen) atoms. The first kappa shape index (κ1) is 12.3. The van der Waals surface area contributed by atoms with Gasteiger partial charge in [0.25, 0.3) is 0 Å². The zero-order valence-electron chi connectivity index (χ0n) is 9.06. The highest BCUT2D eigenvalue weighted by Crippen LogP contribution is 2.22. The van der Waals surface area contributed by atoms with Crippen LogP contribution in [0.3, 0.4) is 0 Å². The van der Waals surface area contributed by atoms with Crippen molar-refractivity contribution in [2.75, 3.05) is 0 Å². The molecular weight excluding hydrogens is 245 g/mol. The quantitative estimate of drug-likeness (QED) is 0.840. The predicted molar refractivity (Wildman–Crippen MR) is 57.6 cm³/mol. The largest absolute Gasteiger partial charge is 0.432 e. The number of ether oxygens (including phenoxy) is 1. The molecule has 1 heterocycles. The first-order valence-electron chi connectivity index (χ1n) is 4.99.